The van der Waals surface area contributed by atoms with E-state index in [-0.39, 0.29) is 22.5 Å². The number of piperidine rings is 2. The van der Waals surface area contributed by atoms with E-state index in [0.29, 0.717) is 26.1 Å². The second kappa shape index (κ2) is 7.18. The third-order valence-corrected chi connectivity index (χ3v) is 8.05. The van der Waals surface area contributed by atoms with Gasteiger partial charge < -0.3 is 14.2 Å². The number of amides is 1. The van der Waals surface area contributed by atoms with Crippen LogP contribution < -0.4 is 0 Å². The summed E-state index contributed by atoms with van der Waals surface area (Å²) in [5, 5.41) is 0.111. The molecule has 3 aliphatic rings. The summed E-state index contributed by atoms with van der Waals surface area (Å²) in [6.45, 7) is 3.17. The zero-order valence-electron chi connectivity index (χ0n) is 15.8. The summed E-state index contributed by atoms with van der Waals surface area (Å²) in [7, 11) is -1.78. The fourth-order valence-electron chi connectivity index (χ4n) is 4.57. The molecule has 1 aromatic rings. The molecule has 0 aromatic carbocycles. The molecule has 9 heteroatoms. The average Bonchev–Trinajstić information content (AvgIpc) is 3.31. The normalized spacial score (nSPS) is 26.8. The lowest BCUT2D eigenvalue weighted by Gasteiger charge is -2.47. The Hall–Kier alpha value is -1.45. The summed E-state index contributed by atoms with van der Waals surface area (Å²) in [5.74, 6) is 0.208. The Kier molecular flexibility index (Phi) is 5.02. The number of rotatable bonds is 4. The zero-order valence-corrected chi connectivity index (χ0v) is 16.7. The van der Waals surface area contributed by atoms with Crippen LogP contribution in [0.15, 0.2) is 17.6 Å². The van der Waals surface area contributed by atoms with Gasteiger partial charge in [-0.1, -0.05) is 0 Å². The maximum atomic E-state index is 12.8. The topological polar surface area (TPSA) is 84.7 Å². The van der Waals surface area contributed by atoms with Crippen molar-refractivity contribution in [2.24, 2.45) is 12.5 Å². The Morgan fingerprint density at radius 2 is 2.07 bits per heavy atom. The number of nitrogens with zero attached hydrogens (tertiary/aromatic N) is 4. The van der Waals surface area contributed by atoms with Gasteiger partial charge in [-0.25, -0.2) is 13.4 Å². The van der Waals surface area contributed by atoms with Crippen molar-refractivity contribution in [1.82, 2.24) is 18.8 Å². The predicted octanol–water partition coefficient (Wildman–Crippen LogP) is 0.992. The molecule has 0 saturated carbocycles. The Morgan fingerprint density at radius 1 is 1.30 bits per heavy atom. The van der Waals surface area contributed by atoms with Crippen molar-refractivity contribution >= 4 is 15.9 Å². The van der Waals surface area contributed by atoms with E-state index in [1.54, 1.807) is 22.1 Å². The molecule has 0 unspecified atom stereocenters. The smallest absolute Gasteiger partial charge is 0.262 e. The first-order valence-corrected chi connectivity index (χ1v) is 11.2. The quantitative estimate of drug-likeness (QED) is 0.758. The number of hydrogen-bond donors (Lipinski definition) is 0. The molecule has 3 saturated heterocycles. The first-order chi connectivity index (χ1) is 12.9. The molecule has 0 bridgehead atoms. The SMILES string of the molecule is Cn1cnc(S(=O)(=O)N2CCC3(CCC(=O)N(C[C@@H]4CCCO4)C3)CC2)c1. The summed E-state index contributed by atoms with van der Waals surface area (Å²) in [5.41, 5.74) is 0.0304. The fourth-order valence-corrected chi connectivity index (χ4v) is 5.97. The number of ether oxygens (including phenoxy) is 1. The monoisotopic (exact) mass is 396 g/mol. The molecule has 3 fully saturated rings. The van der Waals surface area contributed by atoms with Crippen molar-refractivity contribution < 1.29 is 17.9 Å². The number of carbonyl (C=O) groups excluding carboxylic acids is 1. The lowest BCUT2D eigenvalue weighted by atomic mass is 9.72. The summed E-state index contributed by atoms with van der Waals surface area (Å²) >= 11 is 0. The van der Waals surface area contributed by atoms with Crippen LogP contribution in [-0.4, -0.2) is 72.0 Å². The van der Waals surface area contributed by atoms with E-state index in [1.807, 2.05) is 4.90 Å². The van der Waals surface area contributed by atoms with E-state index in [2.05, 4.69) is 4.98 Å². The molecule has 0 aliphatic carbocycles. The Morgan fingerprint density at radius 3 is 2.70 bits per heavy atom. The van der Waals surface area contributed by atoms with Crippen molar-refractivity contribution in [1.29, 1.82) is 0 Å². The van der Waals surface area contributed by atoms with Gasteiger partial charge in [-0.2, -0.15) is 4.31 Å². The minimum Gasteiger partial charge on any atom is -0.376 e. The van der Waals surface area contributed by atoms with Gasteiger partial charge in [-0.3, -0.25) is 4.79 Å². The van der Waals surface area contributed by atoms with Crippen LogP contribution in [0, 0.1) is 5.41 Å². The molecule has 3 aliphatic heterocycles. The Labute approximate surface area is 160 Å². The third kappa shape index (κ3) is 3.77. The van der Waals surface area contributed by atoms with Crippen molar-refractivity contribution in [3.8, 4) is 0 Å². The Bertz CT molecular complexity index is 792. The van der Waals surface area contributed by atoms with Crippen LogP contribution in [0.1, 0.15) is 38.5 Å². The van der Waals surface area contributed by atoms with Crippen LogP contribution in [0.25, 0.3) is 0 Å². The molecular formula is C18H28N4O4S. The van der Waals surface area contributed by atoms with E-state index < -0.39 is 10.0 Å². The number of carbonyl (C=O) groups is 1. The number of likely N-dealkylation sites (tertiary alicyclic amines) is 1. The van der Waals surface area contributed by atoms with Crippen LogP contribution in [0.2, 0.25) is 0 Å². The predicted molar refractivity (Wildman–Crippen MR) is 98.4 cm³/mol. The van der Waals surface area contributed by atoms with Gasteiger partial charge in [0.05, 0.1) is 12.4 Å². The second-order valence-electron chi connectivity index (χ2n) is 8.19. The maximum absolute atomic E-state index is 12.8. The van der Waals surface area contributed by atoms with Crippen LogP contribution in [0.5, 0.6) is 0 Å². The summed E-state index contributed by atoms with van der Waals surface area (Å²) in [6, 6.07) is 0. The van der Waals surface area contributed by atoms with Crippen LogP contribution in [-0.2, 0) is 26.6 Å². The molecule has 0 radical (unpaired) electrons. The zero-order chi connectivity index (χ0) is 19.1. The van der Waals surface area contributed by atoms with Crippen molar-refractivity contribution in [2.75, 3.05) is 32.8 Å². The highest BCUT2D eigenvalue weighted by atomic mass is 32.2. The number of imidazole rings is 1. The van der Waals surface area contributed by atoms with Gasteiger partial charge in [0.2, 0.25) is 5.91 Å². The molecule has 27 heavy (non-hydrogen) atoms. The van der Waals surface area contributed by atoms with E-state index in [9.17, 15) is 13.2 Å². The van der Waals surface area contributed by atoms with Gasteiger partial charge in [-0.05, 0) is 37.5 Å². The van der Waals surface area contributed by atoms with Gasteiger partial charge >= 0.3 is 0 Å². The van der Waals surface area contributed by atoms with E-state index in [0.717, 1.165) is 45.3 Å². The minimum absolute atomic E-state index is 0.0304. The average molecular weight is 397 g/mol. The number of hydrogen-bond acceptors (Lipinski definition) is 5. The summed E-state index contributed by atoms with van der Waals surface area (Å²) < 4.78 is 34.5. The van der Waals surface area contributed by atoms with Crippen LogP contribution in [0.4, 0.5) is 0 Å². The van der Waals surface area contributed by atoms with Crippen molar-refractivity contribution in [3.63, 3.8) is 0 Å². The van der Waals surface area contributed by atoms with Gasteiger partial charge in [0, 0.05) is 52.5 Å². The number of aryl methyl sites for hydroxylation is 1. The van der Waals surface area contributed by atoms with Crippen molar-refractivity contribution in [2.45, 2.75) is 49.7 Å². The van der Waals surface area contributed by atoms with Crippen LogP contribution in [0.3, 0.4) is 0 Å². The fraction of sp³-hybridized carbons (Fsp3) is 0.778. The molecule has 1 spiro atoms. The standard InChI is InChI=1S/C18H28N4O4S/c1-20-12-16(19-14-20)27(24,25)22-8-6-18(7-9-22)5-4-17(23)21(13-18)11-15-3-2-10-26-15/h12,14-15H,2-11,13H2,1H3/t15-/m0/s1. The molecule has 4 heterocycles. The molecule has 4 rings (SSSR count). The first-order valence-electron chi connectivity index (χ1n) is 9.76. The second-order valence-corrected chi connectivity index (χ2v) is 10.1. The largest absolute Gasteiger partial charge is 0.376 e. The summed E-state index contributed by atoms with van der Waals surface area (Å²) in [6.07, 6.45) is 8.28. The van der Waals surface area contributed by atoms with Gasteiger partial charge in [-0.15, -0.1) is 0 Å². The van der Waals surface area contributed by atoms with Gasteiger partial charge in [0.25, 0.3) is 10.0 Å². The van der Waals surface area contributed by atoms with Gasteiger partial charge in [0.1, 0.15) is 0 Å². The van der Waals surface area contributed by atoms with Crippen molar-refractivity contribution in [3.05, 3.63) is 12.5 Å². The third-order valence-electron chi connectivity index (χ3n) is 6.26. The Balaban J connectivity index is 1.40. The lowest BCUT2D eigenvalue weighted by Crippen LogP contribution is -2.53. The molecule has 150 valence electrons. The molecule has 0 N–H and O–H groups in total. The molecular weight excluding hydrogens is 368 g/mol. The number of aromatic nitrogens is 2. The molecule has 1 amide bonds. The number of sulfonamides is 1. The van der Waals surface area contributed by atoms with Gasteiger partial charge in [0.15, 0.2) is 5.03 Å². The highest BCUT2D eigenvalue weighted by Gasteiger charge is 2.44. The summed E-state index contributed by atoms with van der Waals surface area (Å²) in [4.78, 5) is 18.3. The highest BCUT2D eigenvalue weighted by molar-refractivity contribution is 7.89. The van der Waals surface area contributed by atoms with E-state index in [1.165, 1.54) is 6.33 Å². The van der Waals surface area contributed by atoms with E-state index >= 15 is 0 Å². The molecule has 1 aromatic heterocycles. The van der Waals surface area contributed by atoms with Crippen LogP contribution >= 0.6 is 0 Å². The maximum Gasteiger partial charge on any atom is 0.262 e. The van der Waals surface area contributed by atoms with E-state index in [4.69, 9.17) is 4.74 Å². The molecule has 8 nitrogen and oxygen atoms in total. The lowest BCUT2D eigenvalue weighted by molar-refractivity contribution is -0.140. The minimum atomic E-state index is -3.54. The first kappa shape index (κ1) is 18.9. The highest BCUT2D eigenvalue weighted by Crippen LogP contribution is 2.41. The molecule has 1 atom stereocenters.